The molecule has 0 fully saturated rings. The quantitative estimate of drug-likeness (QED) is 0.735. The van der Waals surface area contributed by atoms with Gasteiger partial charge in [0.05, 0.1) is 10.7 Å². The molecule has 1 aromatic heterocycles. The van der Waals surface area contributed by atoms with E-state index in [9.17, 15) is 0 Å². The van der Waals surface area contributed by atoms with E-state index in [2.05, 4.69) is 20.9 Å². The van der Waals surface area contributed by atoms with E-state index < -0.39 is 0 Å². The molecule has 1 nitrogen and oxygen atoms in total. The van der Waals surface area contributed by atoms with Crippen molar-refractivity contribution >= 4 is 38.9 Å². The number of benzene rings is 1. The lowest BCUT2D eigenvalue weighted by Crippen LogP contribution is -1.78. The Morgan fingerprint density at radius 1 is 1.40 bits per heavy atom. The molecule has 0 aliphatic rings. The molecule has 0 aliphatic carbocycles. The van der Waals surface area contributed by atoms with Crippen LogP contribution in [0.2, 0.25) is 5.02 Å². The van der Waals surface area contributed by atoms with Crippen molar-refractivity contribution in [1.82, 2.24) is 4.98 Å². The minimum Gasteiger partial charge on any atom is -0.241 e. The van der Waals surface area contributed by atoms with Gasteiger partial charge in [0.2, 0.25) is 0 Å². The molecule has 0 saturated heterocycles. The molecule has 0 N–H and O–H groups in total. The average molecular weight is 303 g/mol. The Kier molecular flexibility index (Phi) is 3.44. The highest BCUT2D eigenvalue weighted by Crippen LogP contribution is 2.33. The first kappa shape index (κ1) is 11.1. The normalized spacial score (nSPS) is 10.6. The van der Waals surface area contributed by atoms with E-state index in [-0.39, 0.29) is 0 Å². The van der Waals surface area contributed by atoms with Gasteiger partial charge >= 0.3 is 0 Å². The van der Waals surface area contributed by atoms with Gasteiger partial charge in [-0.05, 0) is 13.0 Å². The van der Waals surface area contributed by atoms with E-state index >= 15 is 0 Å². The molecule has 0 amide bonds. The fraction of sp³-hybridized carbons (Fsp3) is 0.182. The van der Waals surface area contributed by atoms with Crippen LogP contribution in [0, 0.1) is 6.92 Å². The van der Waals surface area contributed by atoms with Gasteiger partial charge in [-0.2, -0.15) is 0 Å². The fourth-order valence-corrected chi connectivity index (χ4v) is 3.28. The van der Waals surface area contributed by atoms with E-state index in [0.717, 1.165) is 26.6 Å². The largest absolute Gasteiger partial charge is 0.241 e. The predicted molar refractivity (Wildman–Crippen MR) is 69.9 cm³/mol. The molecule has 15 heavy (non-hydrogen) atoms. The Labute approximate surface area is 106 Å². The van der Waals surface area contributed by atoms with Gasteiger partial charge in [0, 0.05) is 15.8 Å². The van der Waals surface area contributed by atoms with Crippen LogP contribution < -0.4 is 0 Å². The molecule has 0 unspecified atom stereocenters. The zero-order chi connectivity index (χ0) is 10.8. The van der Waals surface area contributed by atoms with Crippen molar-refractivity contribution in [3.63, 3.8) is 0 Å². The molecule has 0 radical (unpaired) electrons. The Bertz CT molecular complexity index is 481. The molecule has 78 valence electrons. The number of alkyl halides is 1. The smallest absolute Gasteiger partial charge is 0.125 e. The monoisotopic (exact) mass is 301 g/mol. The number of hydrogen-bond donors (Lipinski definition) is 0. The highest BCUT2D eigenvalue weighted by atomic mass is 79.9. The van der Waals surface area contributed by atoms with Crippen molar-refractivity contribution in [2.45, 2.75) is 12.3 Å². The van der Waals surface area contributed by atoms with Crippen molar-refractivity contribution in [3.8, 4) is 10.6 Å². The van der Waals surface area contributed by atoms with Crippen molar-refractivity contribution in [2.24, 2.45) is 0 Å². The number of nitrogens with zero attached hydrogens (tertiary/aromatic N) is 1. The van der Waals surface area contributed by atoms with Crippen molar-refractivity contribution in [3.05, 3.63) is 39.9 Å². The van der Waals surface area contributed by atoms with Gasteiger partial charge < -0.3 is 0 Å². The van der Waals surface area contributed by atoms with Gasteiger partial charge in [-0.3, -0.25) is 0 Å². The maximum Gasteiger partial charge on any atom is 0.125 e. The minimum absolute atomic E-state index is 0.757. The second-order valence-electron chi connectivity index (χ2n) is 3.14. The van der Waals surface area contributed by atoms with E-state index in [1.807, 2.05) is 31.2 Å². The summed E-state index contributed by atoms with van der Waals surface area (Å²) >= 11 is 11.3. The SMILES string of the molecule is Cc1nc(-c2ccccc2Cl)sc1CBr. The molecule has 0 spiro atoms. The second-order valence-corrected chi connectivity index (χ2v) is 5.19. The molecule has 0 saturated carbocycles. The maximum atomic E-state index is 6.12. The Hall–Kier alpha value is -0.380. The van der Waals surface area contributed by atoms with Crippen LogP contribution in [0.1, 0.15) is 10.6 Å². The maximum absolute atomic E-state index is 6.12. The first-order valence-electron chi connectivity index (χ1n) is 4.49. The molecule has 2 aromatic rings. The summed E-state index contributed by atoms with van der Waals surface area (Å²) in [6, 6.07) is 7.80. The van der Waals surface area contributed by atoms with Crippen LogP contribution in [0.25, 0.3) is 10.6 Å². The molecule has 4 heteroatoms. The Morgan fingerprint density at radius 2 is 2.13 bits per heavy atom. The van der Waals surface area contributed by atoms with Gasteiger partial charge in [-0.25, -0.2) is 4.98 Å². The number of aryl methyl sites for hydroxylation is 1. The van der Waals surface area contributed by atoms with Crippen LogP contribution in [0.3, 0.4) is 0 Å². The number of thiazole rings is 1. The zero-order valence-electron chi connectivity index (χ0n) is 8.13. The van der Waals surface area contributed by atoms with Crippen LogP contribution in [0.15, 0.2) is 24.3 Å². The topological polar surface area (TPSA) is 12.9 Å². The highest BCUT2D eigenvalue weighted by molar-refractivity contribution is 9.08. The van der Waals surface area contributed by atoms with Gasteiger partial charge in [-0.1, -0.05) is 45.7 Å². The second kappa shape index (κ2) is 4.64. The molecule has 0 bridgehead atoms. The molecule has 1 aromatic carbocycles. The first-order valence-corrected chi connectivity index (χ1v) is 6.81. The van der Waals surface area contributed by atoms with Gasteiger partial charge in [0.15, 0.2) is 0 Å². The predicted octanol–water partition coefficient (Wildman–Crippen LogP) is 4.67. The summed E-state index contributed by atoms with van der Waals surface area (Å²) in [5.41, 5.74) is 2.09. The summed E-state index contributed by atoms with van der Waals surface area (Å²) in [6.45, 7) is 2.02. The zero-order valence-corrected chi connectivity index (χ0v) is 11.3. The number of halogens is 2. The standard InChI is InChI=1S/C11H9BrClNS/c1-7-10(6-12)15-11(14-7)8-4-2-3-5-9(8)13/h2-5H,6H2,1H3. The summed E-state index contributed by atoms with van der Waals surface area (Å²) in [5.74, 6) is 0. The third-order valence-electron chi connectivity index (χ3n) is 2.12. The molecule has 2 rings (SSSR count). The molecule has 1 heterocycles. The van der Waals surface area contributed by atoms with Crippen molar-refractivity contribution in [2.75, 3.05) is 0 Å². The number of aromatic nitrogens is 1. The van der Waals surface area contributed by atoms with Crippen LogP contribution in [0.5, 0.6) is 0 Å². The van der Waals surface area contributed by atoms with Crippen LogP contribution >= 0.6 is 38.9 Å². The Balaban J connectivity index is 2.50. The highest BCUT2D eigenvalue weighted by Gasteiger charge is 2.10. The lowest BCUT2D eigenvalue weighted by Gasteiger charge is -1.97. The molecule has 0 aliphatic heterocycles. The summed E-state index contributed by atoms with van der Waals surface area (Å²) in [6.07, 6.45) is 0. The summed E-state index contributed by atoms with van der Waals surface area (Å²) in [4.78, 5) is 5.77. The van der Waals surface area contributed by atoms with Crippen LogP contribution in [-0.4, -0.2) is 4.98 Å². The van der Waals surface area contributed by atoms with Crippen LogP contribution in [-0.2, 0) is 5.33 Å². The van der Waals surface area contributed by atoms with E-state index in [0.29, 0.717) is 0 Å². The Morgan fingerprint density at radius 3 is 2.73 bits per heavy atom. The molecule has 0 atom stereocenters. The third kappa shape index (κ3) is 2.25. The van der Waals surface area contributed by atoms with Crippen molar-refractivity contribution in [1.29, 1.82) is 0 Å². The number of rotatable bonds is 2. The minimum atomic E-state index is 0.757. The first-order chi connectivity index (χ1) is 7.22. The van der Waals surface area contributed by atoms with Gasteiger partial charge in [-0.15, -0.1) is 11.3 Å². The van der Waals surface area contributed by atoms with E-state index in [1.54, 1.807) is 11.3 Å². The lowest BCUT2D eigenvalue weighted by molar-refractivity contribution is 1.23. The molecular weight excluding hydrogens is 294 g/mol. The summed E-state index contributed by atoms with van der Waals surface area (Å²) in [5, 5.41) is 2.60. The lowest BCUT2D eigenvalue weighted by atomic mass is 10.2. The van der Waals surface area contributed by atoms with Crippen LogP contribution in [0.4, 0.5) is 0 Å². The van der Waals surface area contributed by atoms with E-state index in [1.165, 1.54) is 4.88 Å². The molecular formula is C11H9BrClNS. The van der Waals surface area contributed by atoms with E-state index in [4.69, 9.17) is 11.6 Å². The fourth-order valence-electron chi connectivity index (χ4n) is 1.30. The summed E-state index contributed by atoms with van der Waals surface area (Å²) < 4.78 is 0. The van der Waals surface area contributed by atoms with Gasteiger partial charge in [0.1, 0.15) is 5.01 Å². The summed E-state index contributed by atoms with van der Waals surface area (Å²) in [7, 11) is 0. The number of hydrogen-bond acceptors (Lipinski definition) is 2. The van der Waals surface area contributed by atoms with Crippen molar-refractivity contribution < 1.29 is 0 Å². The average Bonchev–Trinajstić information content (AvgIpc) is 2.60. The van der Waals surface area contributed by atoms with Gasteiger partial charge in [0.25, 0.3) is 0 Å². The third-order valence-corrected chi connectivity index (χ3v) is 4.57.